The fourth-order valence-corrected chi connectivity index (χ4v) is 0.829. The molecule has 0 saturated carbocycles. The first kappa shape index (κ1) is 10.6. The largest absolute Gasteiger partial charge is 0.337 e. The molecule has 11 heavy (non-hydrogen) atoms. The number of nitrogens with one attached hydrogen (secondary N) is 1. The smallest absolute Gasteiger partial charge is 0.247 e. The molecular formula is C8H17NO2. The lowest BCUT2D eigenvalue weighted by atomic mass is 10.3. The van der Waals surface area contributed by atoms with Gasteiger partial charge in [0.2, 0.25) is 5.91 Å². The van der Waals surface area contributed by atoms with E-state index < -0.39 is 5.91 Å². The molecule has 0 spiro atoms. The summed E-state index contributed by atoms with van der Waals surface area (Å²) in [5.74, 6) is -0.839. The van der Waals surface area contributed by atoms with Crippen LogP contribution in [0.5, 0.6) is 0 Å². The Balaban J connectivity index is 4.16. The Labute approximate surface area is 68.4 Å². The number of rotatable bonds is 5. The van der Waals surface area contributed by atoms with Crippen molar-refractivity contribution in [2.24, 2.45) is 0 Å². The maximum atomic E-state index is 5.10. The van der Waals surface area contributed by atoms with Gasteiger partial charge in [-0.3, -0.25) is 5.32 Å². The van der Waals surface area contributed by atoms with E-state index in [1.54, 1.807) is 20.3 Å². The van der Waals surface area contributed by atoms with E-state index in [4.69, 9.17) is 9.47 Å². The molecule has 3 nitrogen and oxygen atoms in total. The lowest BCUT2D eigenvalue weighted by molar-refractivity contribution is -0.195. The summed E-state index contributed by atoms with van der Waals surface area (Å²) in [6.07, 6.45) is 1.59. The molecule has 0 saturated heterocycles. The molecule has 0 aliphatic rings. The van der Waals surface area contributed by atoms with E-state index in [-0.39, 0.29) is 6.04 Å². The van der Waals surface area contributed by atoms with Gasteiger partial charge in [-0.2, -0.15) is 0 Å². The zero-order chi connectivity index (χ0) is 8.91. The van der Waals surface area contributed by atoms with Crippen LogP contribution in [0.4, 0.5) is 0 Å². The third kappa shape index (κ3) is 3.01. The minimum absolute atomic E-state index is 0.285. The van der Waals surface area contributed by atoms with Gasteiger partial charge < -0.3 is 9.47 Å². The minimum atomic E-state index is -0.839. The predicted octanol–water partition coefficient (Wildman–Crippen LogP) is 1.12. The van der Waals surface area contributed by atoms with E-state index in [0.717, 1.165) is 0 Å². The molecule has 1 N–H and O–H groups in total. The lowest BCUT2D eigenvalue weighted by Crippen LogP contribution is -2.50. The quantitative estimate of drug-likeness (QED) is 0.481. The van der Waals surface area contributed by atoms with Crippen LogP contribution in [-0.2, 0) is 9.47 Å². The van der Waals surface area contributed by atoms with Crippen molar-refractivity contribution in [1.29, 1.82) is 0 Å². The van der Waals surface area contributed by atoms with Crippen molar-refractivity contribution in [1.82, 2.24) is 5.32 Å². The molecule has 3 heteroatoms. The Hall–Kier alpha value is -0.380. The van der Waals surface area contributed by atoms with Crippen molar-refractivity contribution in [2.45, 2.75) is 25.8 Å². The number of hydrogen-bond donors (Lipinski definition) is 1. The van der Waals surface area contributed by atoms with E-state index in [9.17, 15) is 0 Å². The van der Waals surface area contributed by atoms with Gasteiger partial charge in [0, 0.05) is 20.3 Å². The fraction of sp³-hybridized carbons (Fsp3) is 0.750. The Morgan fingerprint density at radius 3 is 1.91 bits per heavy atom. The van der Waals surface area contributed by atoms with Crippen LogP contribution in [0.2, 0.25) is 0 Å². The van der Waals surface area contributed by atoms with Gasteiger partial charge in [0.15, 0.2) is 0 Å². The number of ether oxygens (including phenoxy) is 2. The first-order valence-electron chi connectivity index (χ1n) is 3.62. The monoisotopic (exact) mass is 159 g/mol. The van der Waals surface area contributed by atoms with Crippen molar-refractivity contribution in [2.75, 3.05) is 14.2 Å². The van der Waals surface area contributed by atoms with Gasteiger partial charge in [-0.05, 0) is 19.9 Å². The molecule has 0 amide bonds. The Bertz CT molecular complexity index is 119. The summed E-state index contributed by atoms with van der Waals surface area (Å²) < 4.78 is 10.2. The van der Waals surface area contributed by atoms with Crippen LogP contribution >= 0.6 is 0 Å². The molecule has 0 rings (SSSR count). The maximum absolute atomic E-state index is 5.10. The molecule has 0 aromatic rings. The van der Waals surface area contributed by atoms with Crippen molar-refractivity contribution >= 4 is 0 Å². The van der Waals surface area contributed by atoms with E-state index in [1.165, 1.54) is 0 Å². The molecule has 0 fully saturated rings. The zero-order valence-electron chi connectivity index (χ0n) is 7.68. The molecule has 66 valence electrons. The van der Waals surface area contributed by atoms with E-state index in [1.807, 2.05) is 13.8 Å². The second kappa shape index (κ2) is 4.49. The van der Waals surface area contributed by atoms with Gasteiger partial charge in [-0.15, -0.1) is 0 Å². The minimum Gasteiger partial charge on any atom is -0.337 e. The molecule has 0 heterocycles. The average Bonchev–Trinajstić information content (AvgIpc) is 2.00. The van der Waals surface area contributed by atoms with Crippen LogP contribution in [0.25, 0.3) is 0 Å². The molecular weight excluding hydrogens is 142 g/mol. The standard InChI is InChI=1S/C8H17NO2/c1-6-8(10-4,11-5)9-7(2)3/h6-7,9H,1H2,2-5H3. The first-order valence-corrected chi connectivity index (χ1v) is 3.62. The molecule has 0 bridgehead atoms. The normalized spacial score (nSPS) is 12.1. The van der Waals surface area contributed by atoms with Gasteiger partial charge in [0.1, 0.15) is 0 Å². The topological polar surface area (TPSA) is 30.5 Å². The molecule has 0 aliphatic heterocycles. The third-order valence-corrected chi connectivity index (χ3v) is 1.37. The summed E-state index contributed by atoms with van der Waals surface area (Å²) in [7, 11) is 3.14. The van der Waals surface area contributed by atoms with Crippen LogP contribution in [0, 0.1) is 0 Å². The van der Waals surface area contributed by atoms with E-state index in [0.29, 0.717) is 0 Å². The van der Waals surface area contributed by atoms with Crippen LogP contribution in [-0.4, -0.2) is 26.2 Å². The lowest BCUT2D eigenvalue weighted by Gasteiger charge is -2.30. The Morgan fingerprint density at radius 1 is 1.36 bits per heavy atom. The molecule has 0 aromatic heterocycles. The molecule has 0 aromatic carbocycles. The van der Waals surface area contributed by atoms with Gasteiger partial charge in [-0.1, -0.05) is 6.58 Å². The van der Waals surface area contributed by atoms with E-state index in [2.05, 4.69) is 11.9 Å². The Morgan fingerprint density at radius 2 is 1.82 bits per heavy atom. The highest BCUT2D eigenvalue weighted by Crippen LogP contribution is 2.08. The third-order valence-electron chi connectivity index (χ3n) is 1.37. The van der Waals surface area contributed by atoms with Crippen molar-refractivity contribution < 1.29 is 9.47 Å². The Kier molecular flexibility index (Phi) is 4.33. The second-order valence-corrected chi connectivity index (χ2v) is 2.58. The van der Waals surface area contributed by atoms with E-state index >= 15 is 0 Å². The second-order valence-electron chi connectivity index (χ2n) is 2.58. The van der Waals surface area contributed by atoms with Crippen LogP contribution in [0.3, 0.4) is 0 Å². The summed E-state index contributed by atoms with van der Waals surface area (Å²) in [5.41, 5.74) is 0. The highest BCUT2D eigenvalue weighted by Gasteiger charge is 2.25. The van der Waals surface area contributed by atoms with Crippen molar-refractivity contribution in [3.63, 3.8) is 0 Å². The SMILES string of the molecule is C=CC(NC(C)C)(OC)OC. The number of methoxy groups -OCH3 is 2. The van der Waals surface area contributed by atoms with Gasteiger partial charge in [-0.25, -0.2) is 0 Å². The highest BCUT2D eigenvalue weighted by atomic mass is 16.7. The molecule has 0 atom stereocenters. The summed E-state index contributed by atoms with van der Waals surface area (Å²) in [4.78, 5) is 0. The van der Waals surface area contributed by atoms with Crippen LogP contribution in [0.15, 0.2) is 12.7 Å². The molecule has 0 unspecified atom stereocenters. The summed E-state index contributed by atoms with van der Waals surface area (Å²) in [5, 5.41) is 3.08. The highest BCUT2D eigenvalue weighted by molar-refractivity contribution is 4.87. The summed E-state index contributed by atoms with van der Waals surface area (Å²) >= 11 is 0. The van der Waals surface area contributed by atoms with Gasteiger partial charge in [0.25, 0.3) is 0 Å². The van der Waals surface area contributed by atoms with Gasteiger partial charge in [0.05, 0.1) is 0 Å². The number of hydrogen-bond acceptors (Lipinski definition) is 3. The van der Waals surface area contributed by atoms with Crippen LogP contribution in [0.1, 0.15) is 13.8 Å². The fourth-order valence-electron chi connectivity index (χ4n) is 0.829. The predicted molar refractivity (Wildman–Crippen MR) is 45.2 cm³/mol. The molecule has 0 aliphatic carbocycles. The first-order chi connectivity index (χ1) is 5.10. The molecule has 0 radical (unpaired) electrons. The average molecular weight is 159 g/mol. The van der Waals surface area contributed by atoms with Crippen molar-refractivity contribution in [3.05, 3.63) is 12.7 Å². The summed E-state index contributed by atoms with van der Waals surface area (Å²) in [6.45, 7) is 7.64. The maximum Gasteiger partial charge on any atom is 0.247 e. The van der Waals surface area contributed by atoms with Crippen molar-refractivity contribution in [3.8, 4) is 0 Å². The summed E-state index contributed by atoms with van der Waals surface area (Å²) in [6, 6.07) is 0.285. The van der Waals surface area contributed by atoms with Crippen LogP contribution < -0.4 is 5.32 Å². The van der Waals surface area contributed by atoms with Gasteiger partial charge >= 0.3 is 0 Å². The zero-order valence-corrected chi connectivity index (χ0v) is 7.68.